The minimum atomic E-state index is -3.59. The average molecular weight is 377 g/mol. The first-order valence-corrected chi connectivity index (χ1v) is 9.35. The molecule has 0 aliphatic carbocycles. The van der Waals surface area contributed by atoms with Gasteiger partial charge in [-0.05, 0) is 30.7 Å². The van der Waals surface area contributed by atoms with Gasteiger partial charge in [-0.15, -0.1) is 11.3 Å². The van der Waals surface area contributed by atoms with Crippen LogP contribution >= 0.6 is 22.9 Å². The second-order valence-corrected chi connectivity index (χ2v) is 8.25. The van der Waals surface area contributed by atoms with Crippen molar-refractivity contribution in [2.75, 3.05) is 13.1 Å². The molecule has 1 aromatic heterocycles. The quantitative estimate of drug-likeness (QED) is 0.729. The molecule has 0 atom stereocenters. The Balaban J connectivity index is 1.76. The van der Waals surface area contributed by atoms with E-state index in [1.54, 1.807) is 6.07 Å². The average Bonchev–Trinajstić information content (AvgIpc) is 2.94. The predicted molar refractivity (Wildman–Crippen MR) is 87.9 cm³/mol. The van der Waals surface area contributed by atoms with E-state index in [2.05, 4.69) is 10.0 Å². The van der Waals surface area contributed by atoms with Crippen molar-refractivity contribution < 1.29 is 17.6 Å². The van der Waals surface area contributed by atoms with Crippen LogP contribution in [0.3, 0.4) is 0 Å². The SMILES string of the molecule is O=C(NCCCNS(=O)(=O)c1ccc(Cl)s1)c1ccccc1F. The third-order valence-corrected chi connectivity index (χ3v) is 6.05. The van der Waals surface area contributed by atoms with E-state index >= 15 is 0 Å². The summed E-state index contributed by atoms with van der Waals surface area (Å²) in [5, 5.41) is 2.54. The van der Waals surface area contributed by atoms with Crippen molar-refractivity contribution >= 4 is 38.9 Å². The van der Waals surface area contributed by atoms with Crippen LogP contribution in [-0.4, -0.2) is 27.4 Å². The fourth-order valence-corrected chi connectivity index (χ4v) is 4.35. The highest BCUT2D eigenvalue weighted by atomic mass is 35.5. The van der Waals surface area contributed by atoms with Crippen LogP contribution in [0.25, 0.3) is 0 Å². The molecule has 1 heterocycles. The molecule has 0 radical (unpaired) electrons. The van der Waals surface area contributed by atoms with Crippen LogP contribution in [0.2, 0.25) is 4.34 Å². The predicted octanol–water partition coefficient (Wildman–Crippen LogP) is 2.64. The van der Waals surface area contributed by atoms with Crippen LogP contribution in [-0.2, 0) is 10.0 Å². The highest BCUT2D eigenvalue weighted by Gasteiger charge is 2.16. The van der Waals surface area contributed by atoms with Gasteiger partial charge in [0.25, 0.3) is 5.91 Å². The van der Waals surface area contributed by atoms with Gasteiger partial charge in [-0.2, -0.15) is 0 Å². The number of halogens is 2. The summed E-state index contributed by atoms with van der Waals surface area (Å²) in [6.45, 7) is 0.371. The zero-order valence-corrected chi connectivity index (χ0v) is 14.3. The molecule has 0 fully saturated rings. The maximum Gasteiger partial charge on any atom is 0.254 e. The van der Waals surface area contributed by atoms with Crippen molar-refractivity contribution in [2.45, 2.75) is 10.6 Å². The molecule has 0 aliphatic rings. The third-order valence-electron chi connectivity index (χ3n) is 2.86. The van der Waals surface area contributed by atoms with Crippen molar-refractivity contribution in [1.82, 2.24) is 10.0 Å². The molecule has 9 heteroatoms. The number of carbonyl (C=O) groups excluding carboxylic acids is 1. The molecule has 0 saturated heterocycles. The van der Waals surface area contributed by atoms with E-state index in [4.69, 9.17) is 11.6 Å². The first-order chi connectivity index (χ1) is 10.9. The molecule has 5 nitrogen and oxygen atoms in total. The van der Waals surface area contributed by atoms with Gasteiger partial charge in [0, 0.05) is 13.1 Å². The Morgan fingerprint density at radius 1 is 1.17 bits per heavy atom. The summed E-state index contributed by atoms with van der Waals surface area (Å²) in [5.74, 6) is -1.13. The zero-order valence-electron chi connectivity index (χ0n) is 11.9. The van der Waals surface area contributed by atoms with Gasteiger partial charge in [0.15, 0.2) is 0 Å². The number of hydrogen-bond acceptors (Lipinski definition) is 4. The highest BCUT2D eigenvalue weighted by molar-refractivity contribution is 7.91. The fraction of sp³-hybridized carbons (Fsp3) is 0.214. The van der Waals surface area contributed by atoms with Crippen LogP contribution < -0.4 is 10.0 Å². The van der Waals surface area contributed by atoms with Gasteiger partial charge in [-0.3, -0.25) is 4.79 Å². The van der Waals surface area contributed by atoms with Gasteiger partial charge in [-0.1, -0.05) is 23.7 Å². The zero-order chi connectivity index (χ0) is 16.9. The van der Waals surface area contributed by atoms with E-state index in [1.165, 1.54) is 30.3 Å². The smallest absolute Gasteiger partial charge is 0.254 e. The second-order valence-electron chi connectivity index (χ2n) is 4.55. The van der Waals surface area contributed by atoms with Crippen molar-refractivity contribution in [3.8, 4) is 0 Å². The summed E-state index contributed by atoms with van der Waals surface area (Å²) in [4.78, 5) is 11.7. The number of hydrogen-bond donors (Lipinski definition) is 2. The van der Waals surface area contributed by atoms with Crippen molar-refractivity contribution in [2.24, 2.45) is 0 Å². The molecular formula is C14H14ClFN2O3S2. The number of rotatable bonds is 7. The van der Waals surface area contributed by atoms with Crippen LogP contribution in [0, 0.1) is 5.82 Å². The molecule has 23 heavy (non-hydrogen) atoms. The Hall–Kier alpha value is -1.48. The molecule has 1 amide bonds. The fourth-order valence-electron chi connectivity index (χ4n) is 1.75. The van der Waals surface area contributed by atoms with E-state index in [9.17, 15) is 17.6 Å². The summed E-state index contributed by atoms with van der Waals surface area (Å²) >= 11 is 6.67. The largest absolute Gasteiger partial charge is 0.352 e. The summed E-state index contributed by atoms with van der Waals surface area (Å²) in [5.41, 5.74) is -0.0405. The number of amides is 1. The van der Waals surface area contributed by atoms with Crippen molar-refractivity contribution in [1.29, 1.82) is 0 Å². The molecule has 2 rings (SSSR count). The van der Waals surface area contributed by atoms with E-state index in [1.807, 2.05) is 0 Å². The molecular weight excluding hydrogens is 363 g/mol. The first-order valence-electron chi connectivity index (χ1n) is 6.68. The standard InChI is InChI=1S/C14H14ClFN2O3S2/c15-12-6-7-13(22-12)23(20,21)18-9-3-8-17-14(19)10-4-1-2-5-11(10)16/h1-2,4-7,18H,3,8-9H2,(H,17,19). The molecule has 1 aromatic carbocycles. The van der Waals surface area contributed by atoms with Gasteiger partial charge in [0.05, 0.1) is 9.90 Å². The Morgan fingerprint density at radius 2 is 1.91 bits per heavy atom. The Morgan fingerprint density at radius 3 is 2.57 bits per heavy atom. The normalized spacial score (nSPS) is 11.4. The van der Waals surface area contributed by atoms with Gasteiger partial charge < -0.3 is 5.32 Å². The van der Waals surface area contributed by atoms with E-state index in [-0.39, 0.29) is 22.9 Å². The van der Waals surface area contributed by atoms with Gasteiger partial charge in [-0.25, -0.2) is 17.5 Å². The topological polar surface area (TPSA) is 75.3 Å². The van der Waals surface area contributed by atoms with Crippen LogP contribution in [0.5, 0.6) is 0 Å². The summed E-state index contributed by atoms with van der Waals surface area (Å²) < 4.78 is 40.2. The molecule has 0 unspecified atom stereocenters. The number of nitrogens with one attached hydrogen (secondary N) is 2. The number of thiophene rings is 1. The maximum absolute atomic E-state index is 13.4. The molecule has 0 saturated carbocycles. The minimum Gasteiger partial charge on any atom is -0.352 e. The van der Waals surface area contributed by atoms with E-state index in [0.717, 1.165) is 11.3 Å². The summed E-state index contributed by atoms with van der Waals surface area (Å²) in [6.07, 6.45) is 0.374. The monoisotopic (exact) mass is 376 g/mol. The number of benzene rings is 1. The second kappa shape index (κ2) is 7.87. The third kappa shape index (κ3) is 5.00. The van der Waals surface area contributed by atoms with E-state index in [0.29, 0.717) is 10.8 Å². The molecule has 0 spiro atoms. The van der Waals surface area contributed by atoms with Gasteiger partial charge in [0.2, 0.25) is 10.0 Å². The summed E-state index contributed by atoms with van der Waals surface area (Å²) in [7, 11) is -3.59. The van der Waals surface area contributed by atoms with Gasteiger partial charge >= 0.3 is 0 Å². The lowest BCUT2D eigenvalue weighted by molar-refractivity contribution is 0.0949. The molecule has 2 aromatic rings. The minimum absolute atomic E-state index is 0.0405. The number of carbonyl (C=O) groups is 1. The lowest BCUT2D eigenvalue weighted by Crippen LogP contribution is -2.30. The Kier molecular flexibility index (Phi) is 6.11. The Bertz CT molecular complexity index is 793. The van der Waals surface area contributed by atoms with Crippen molar-refractivity contribution in [3.63, 3.8) is 0 Å². The Labute approximate surface area is 142 Å². The molecule has 2 N–H and O–H groups in total. The van der Waals surface area contributed by atoms with E-state index < -0.39 is 21.7 Å². The lowest BCUT2D eigenvalue weighted by atomic mass is 10.2. The first kappa shape index (κ1) is 17.9. The van der Waals surface area contributed by atoms with Gasteiger partial charge in [0.1, 0.15) is 10.0 Å². The molecule has 0 bridgehead atoms. The molecule has 0 aliphatic heterocycles. The van der Waals surface area contributed by atoms with Crippen LogP contribution in [0.4, 0.5) is 4.39 Å². The van der Waals surface area contributed by atoms with Crippen LogP contribution in [0.1, 0.15) is 16.8 Å². The summed E-state index contributed by atoms with van der Waals surface area (Å²) in [6, 6.07) is 8.59. The maximum atomic E-state index is 13.4. The molecule has 124 valence electrons. The van der Waals surface area contributed by atoms with Crippen molar-refractivity contribution in [3.05, 3.63) is 52.1 Å². The van der Waals surface area contributed by atoms with Crippen LogP contribution in [0.15, 0.2) is 40.6 Å². The highest BCUT2D eigenvalue weighted by Crippen LogP contribution is 2.25. The number of sulfonamides is 1. The lowest BCUT2D eigenvalue weighted by Gasteiger charge is -2.07.